The highest BCUT2D eigenvalue weighted by atomic mass is 32.1. The first-order valence-electron chi connectivity index (χ1n) is 4.70. The molecular formula is C12H11NOS. The lowest BCUT2D eigenvalue weighted by Gasteiger charge is -2.03. The van der Waals surface area contributed by atoms with Gasteiger partial charge in [0.2, 0.25) is 5.91 Å². The number of thiophene rings is 1. The van der Waals surface area contributed by atoms with Gasteiger partial charge in [-0.2, -0.15) is 11.3 Å². The average Bonchev–Trinajstić information content (AvgIpc) is 2.71. The molecule has 2 nitrogen and oxygen atoms in total. The fourth-order valence-corrected chi connectivity index (χ4v) is 1.97. The van der Waals surface area contributed by atoms with E-state index in [1.165, 1.54) is 0 Å². The predicted molar refractivity (Wildman–Crippen MR) is 63.1 cm³/mol. The molecule has 0 saturated carbocycles. The first-order valence-corrected chi connectivity index (χ1v) is 5.65. The number of amides is 1. The molecule has 1 N–H and O–H groups in total. The van der Waals surface area contributed by atoms with Crippen LogP contribution in [0.2, 0.25) is 0 Å². The Morgan fingerprint density at radius 2 is 2.00 bits per heavy atom. The lowest BCUT2D eigenvalue weighted by molar-refractivity contribution is -0.115. The van der Waals surface area contributed by atoms with Crippen molar-refractivity contribution in [3.8, 4) is 0 Å². The highest BCUT2D eigenvalue weighted by Gasteiger charge is 2.03. The van der Waals surface area contributed by atoms with Gasteiger partial charge in [-0.25, -0.2) is 0 Å². The van der Waals surface area contributed by atoms with Gasteiger partial charge in [-0.3, -0.25) is 4.79 Å². The second kappa shape index (κ2) is 4.75. The van der Waals surface area contributed by atoms with Gasteiger partial charge in [0.25, 0.3) is 0 Å². The SMILES string of the molecule is O=C(Cc1ccsc1)Nc1ccccc1. The molecule has 2 rings (SSSR count). The van der Waals surface area contributed by atoms with E-state index in [9.17, 15) is 4.79 Å². The van der Waals surface area contributed by atoms with Crippen LogP contribution < -0.4 is 5.32 Å². The summed E-state index contributed by atoms with van der Waals surface area (Å²) in [6, 6.07) is 11.5. The van der Waals surface area contributed by atoms with Crippen molar-refractivity contribution in [2.45, 2.75) is 6.42 Å². The van der Waals surface area contributed by atoms with Crippen molar-refractivity contribution in [3.63, 3.8) is 0 Å². The average molecular weight is 217 g/mol. The second-order valence-corrected chi connectivity index (χ2v) is 4.00. The van der Waals surface area contributed by atoms with Crippen LogP contribution in [0.1, 0.15) is 5.56 Å². The molecule has 0 fully saturated rings. The van der Waals surface area contributed by atoms with Gasteiger partial charge in [0.1, 0.15) is 0 Å². The normalized spacial score (nSPS) is 9.87. The third kappa shape index (κ3) is 2.92. The molecule has 1 amide bonds. The molecule has 0 saturated heterocycles. The number of hydrogen-bond donors (Lipinski definition) is 1. The highest BCUT2D eigenvalue weighted by molar-refractivity contribution is 7.08. The summed E-state index contributed by atoms with van der Waals surface area (Å²) < 4.78 is 0. The van der Waals surface area contributed by atoms with Crippen molar-refractivity contribution in [2.75, 3.05) is 5.32 Å². The number of para-hydroxylation sites is 1. The Morgan fingerprint density at radius 3 is 2.67 bits per heavy atom. The topological polar surface area (TPSA) is 29.1 Å². The second-order valence-electron chi connectivity index (χ2n) is 3.22. The molecule has 3 heteroatoms. The van der Waals surface area contributed by atoms with Gasteiger partial charge >= 0.3 is 0 Å². The zero-order valence-electron chi connectivity index (χ0n) is 8.14. The molecular weight excluding hydrogens is 206 g/mol. The zero-order valence-corrected chi connectivity index (χ0v) is 8.96. The standard InChI is InChI=1S/C12H11NOS/c14-12(8-10-6-7-15-9-10)13-11-4-2-1-3-5-11/h1-7,9H,8H2,(H,13,14). The fraction of sp³-hybridized carbons (Fsp3) is 0.0833. The number of carbonyl (C=O) groups is 1. The van der Waals surface area contributed by atoms with Crippen LogP contribution in [0.4, 0.5) is 5.69 Å². The van der Waals surface area contributed by atoms with Crippen LogP contribution in [-0.4, -0.2) is 5.91 Å². The Bertz CT molecular complexity index is 422. The summed E-state index contributed by atoms with van der Waals surface area (Å²) in [5.41, 5.74) is 1.91. The molecule has 1 aromatic heterocycles. The van der Waals surface area contributed by atoms with Crippen LogP contribution >= 0.6 is 11.3 Å². The summed E-state index contributed by atoms with van der Waals surface area (Å²) in [7, 11) is 0. The largest absolute Gasteiger partial charge is 0.326 e. The van der Waals surface area contributed by atoms with Crippen molar-refractivity contribution in [1.29, 1.82) is 0 Å². The molecule has 0 bridgehead atoms. The summed E-state index contributed by atoms with van der Waals surface area (Å²) >= 11 is 1.61. The molecule has 15 heavy (non-hydrogen) atoms. The third-order valence-electron chi connectivity index (χ3n) is 2.00. The Labute approximate surface area is 92.6 Å². The summed E-state index contributed by atoms with van der Waals surface area (Å²) in [5.74, 6) is 0.0274. The molecule has 1 heterocycles. The molecule has 0 unspecified atom stereocenters. The Morgan fingerprint density at radius 1 is 1.20 bits per heavy atom. The maximum atomic E-state index is 11.6. The van der Waals surface area contributed by atoms with Gasteiger partial charge in [-0.15, -0.1) is 0 Å². The number of hydrogen-bond acceptors (Lipinski definition) is 2. The summed E-state index contributed by atoms with van der Waals surface area (Å²) in [5, 5.41) is 6.81. The quantitative estimate of drug-likeness (QED) is 0.841. The number of carbonyl (C=O) groups excluding carboxylic acids is 1. The number of anilines is 1. The van der Waals surface area contributed by atoms with Gasteiger partial charge < -0.3 is 5.32 Å². The van der Waals surface area contributed by atoms with E-state index in [1.54, 1.807) is 11.3 Å². The predicted octanol–water partition coefficient (Wildman–Crippen LogP) is 2.93. The van der Waals surface area contributed by atoms with Crippen LogP contribution in [0.15, 0.2) is 47.2 Å². The van der Waals surface area contributed by atoms with Gasteiger partial charge in [0, 0.05) is 5.69 Å². The lowest BCUT2D eigenvalue weighted by atomic mass is 10.2. The minimum Gasteiger partial charge on any atom is -0.326 e. The van der Waals surface area contributed by atoms with Crippen LogP contribution in [0, 0.1) is 0 Å². The molecule has 0 radical (unpaired) electrons. The van der Waals surface area contributed by atoms with E-state index < -0.39 is 0 Å². The van der Waals surface area contributed by atoms with Crippen LogP contribution in [0.5, 0.6) is 0 Å². The van der Waals surface area contributed by atoms with Crippen LogP contribution in [0.25, 0.3) is 0 Å². The van der Waals surface area contributed by atoms with E-state index in [4.69, 9.17) is 0 Å². The minimum atomic E-state index is 0.0274. The first-order chi connectivity index (χ1) is 7.34. The maximum absolute atomic E-state index is 11.6. The van der Waals surface area contributed by atoms with Crippen molar-refractivity contribution in [2.24, 2.45) is 0 Å². The fourth-order valence-electron chi connectivity index (χ4n) is 1.31. The van der Waals surface area contributed by atoms with E-state index in [-0.39, 0.29) is 5.91 Å². The van der Waals surface area contributed by atoms with Gasteiger partial charge in [0.15, 0.2) is 0 Å². The third-order valence-corrected chi connectivity index (χ3v) is 2.73. The van der Waals surface area contributed by atoms with Crippen molar-refractivity contribution >= 4 is 22.9 Å². The van der Waals surface area contributed by atoms with Gasteiger partial charge in [-0.05, 0) is 34.5 Å². The van der Waals surface area contributed by atoms with E-state index in [0.717, 1.165) is 11.3 Å². The summed E-state index contributed by atoms with van der Waals surface area (Å²) in [6.07, 6.45) is 0.443. The molecule has 2 aromatic rings. The van der Waals surface area contributed by atoms with Crippen molar-refractivity contribution in [1.82, 2.24) is 0 Å². The van der Waals surface area contributed by atoms with E-state index in [2.05, 4.69) is 5.32 Å². The monoisotopic (exact) mass is 217 g/mol. The zero-order chi connectivity index (χ0) is 10.5. The van der Waals surface area contributed by atoms with Gasteiger partial charge in [0.05, 0.1) is 6.42 Å². The van der Waals surface area contributed by atoms with Crippen molar-refractivity contribution in [3.05, 3.63) is 52.7 Å². The molecule has 0 spiro atoms. The minimum absolute atomic E-state index is 0.0274. The Balaban J connectivity index is 1.94. The Hall–Kier alpha value is -1.61. The number of benzene rings is 1. The van der Waals surface area contributed by atoms with Gasteiger partial charge in [-0.1, -0.05) is 18.2 Å². The molecule has 0 atom stereocenters. The summed E-state index contributed by atoms with van der Waals surface area (Å²) in [6.45, 7) is 0. The van der Waals surface area contributed by atoms with E-state index in [0.29, 0.717) is 6.42 Å². The van der Waals surface area contributed by atoms with Crippen LogP contribution in [0.3, 0.4) is 0 Å². The molecule has 0 aliphatic heterocycles. The molecule has 76 valence electrons. The molecule has 1 aromatic carbocycles. The van der Waals surface area contributed by atoms with E-state index >= 15 is 0 Å². The molecule has 0 aliphatic carbocycles. The number of nitrogens with one attached hydrogen (secondary N) is 1. The highest BCUT2D eigenvalue weighted by Crippen LogP contribution is 2.09. The summed E-state index contributed by atoms with van der Waals surface area (Å²) in [4.78, 5) is 11.6. The first kappa shape index (κ1) is 9.93. The van der Waals surface area contributed by atoms with E-state index in [1.807, 2.05) is 47.2 Å². The maximum Gasteiger partial charge on any atom is 0.228 e. The lowest BCUT2D eigenvalue weighted by Crippen LogP contribution is -2.13. The van der Waals surface area contributed by atoms with Crippen LogP contribution in [-0.2, 0) is 11.2 Å². The Kier molecular flexibility index (Phi) is 3.15. The van der Waals surface area contributed by atoms with Crippen molar-refractivity contribution < 1.29 is 4.79 Å². The number of rotatable bonds is 3. The smallest absolute Gasteiger partial charge is 0.228 e. The molecule has 0 aliphatic rings.